The van der Waals surface area contributed by atoms with Gasteiger partial charge in [-0.2, -0.15) is 0 Å². The van der Waals surface area contributed by atoms with E-state index in [4.69, 9.17) is 5.11 Å². The molecule has 0 fully saturated rings. The molecular weight excluding hydrogens is 258 g/mol. The summed E-state index contributed by atoms with van der Waals surface area (Å²) in [6.45, 7) is 3.46. The summed E-state index contributed by atoms with van der Waals surface area (Å²) >= 11 is 0. The molecule has 1 amide bonds. The number of amides is 1. The van der Waals surface area contributed by atoms with Gasteiger partial charge in [-0.05, 0) is 19.3 Å². The van der Waals surface area contributed by atoms with Crippen molar-refractivity contribution in [2.75, 3.05) is 12.0 Å². The Morgan fingerprint density at radius 2 is 2.06 bits per heavy atom. The Balaban J connectivity index is 4.19. The van der Waals surface area contributed by atoms with E-state index in [0.717, 1.165) is 6.26 Å². The maximum absolute atomic E-state index is 11.3. The van der Waals surface area contributed by atoms with Crippen LogP contribution in [0.5, 0.6) is 0 Å². The number of allylic oxidation sites excluding steroid dienone is 1. The second kappa shape index (κ2) is 7.86. The number of hydrogen-bond donors (Lipinski definition) is 2. The van der Waals surface area contributed by atoms with Crippen LogP contribution in [-0.4, -0.2) is 43.5 Å². The van der Waals surface area contributed by atoms with Gasteiger partial charge in [0.2, 0.25) is 5.91 Å². The van der Waals surface area contributed by atoms with Crippen LogP contribution in [0.3, 0.4) is 0 Å². The SMILES string of the molecule is C=CCCC(=O)N[C@@H](CCCS(C)(=O)=O)C(=O)O. The third-order valence-corrected chi connectivity index (χ3v) is 3.25. The van der Waals surface area contributed by atoms with Crippen molar-refractivity contribution in [2.24, 2.45) is 0 Å². The van der Waals surface area contributed by atoms with Gasteiger partial charge in [0, 0.05) is 18.4 Å². The van der Waals surface area contributed by atoms with Crippen LogP contribution in [-0.2, 0) is 19.4 Å². The molecule has 104 valence electrons. The Labute approximate surface area is 107 Å². The van der Waals surface area contributed by atoms with Crippen LogP contribution in [0.2, 0.25) is 0 Å². The lowest BCUT2D eigenvalue weighted by Gasteiger charge is -2.13. The highest BCUT2D eigenvalue weighted by atomic mass is 32.2. The summed E-state index contributed by atoms with van der Waals surface area (Å²) < 4.78 is 21.8. The molecule has 0 heterocycles. The van der Waals surface area contributed by atoms with Crippen LogP contribution in [0.25, 0.3) is 0 Å². The van der Waals surface area contributed by atoms with Crippen LogP contribution in [0.1, 0.15) is 25.7 Å². The average molecular weight is 277 g/mol. The minimum absolute atomic E-state index is 0.0840. The molecule has 0 aliphatic heterocycles. The van der Waals surface area contributed by atoms with Crippen molar-refractivity contribution in [1.82, 2.24) is 5.32 Å². The zero-order valence-corrected chi connectivity index (χ0v) is 11.2. The minimum Gasteiger partial charge on any atom is -0.480 e. The Kier molecular flexibility index (Phi) is 7.26. The summed E-state index contributed by atoms with van der Waals surface area (Å²) in [6, 6.07) is -1.04. The zero-order valence-electron chi connectivity index (χ0n) is 10.4. The molecule has 0 aliphatic rings. The van der Waals surface area contributed by atoms with E-state index >= 15 is 0 Å². The largest absolute Gasteiger partial charge is 0.480 e. The summed E-state index contributed by atoms with van der Waals surface area (Å²) in [5.41, 5.74) is 0. The molecule has 0 bridgehead atoms. The molecule has 7 heteroatoms. The number of aliphatic carboxylic acids is 1. The van der Waals surface area contributed by atoms with E-state index in [9.17, 15) is 18.0 Å². The number of carbonyl (C=O) groups excluding carboxylic acids is 1. The maximum atomic E-state index is 11.3. The van der Waals surface area contributed by atoms with E-state index in [1.807, 2.05) is 0 Å². The van der Waals surface area contributed by atoms with Gasteiger partial charge in [0.15, 0.2) is 0 Å². The molecule has 0 radical (unpaired) electrons. The summed E-state index contributed by atoms with van der Waals surface area (Å²) in [6.07, 6.45) is 3.62. The normalized spacial score (nSPS) is 12.7. The Hall–Kier alpha value is -1.37. The molecule has 2 N–H and O–H groups in total. The molecule has 0 saturated heterocycles. The monoisotopic (exact) mass is 277 g/mol. The first-order chi connectivity index (χ1) is 8.26. The second-order valence-corrected chi connectivity index (χ2v) is 6.32. The molecule has 0 aromatic carbocycles. The second-order valence-electron chi connectivity index (χ2n) is 4.06. The lowest BCUT2D eigenvalue weighted by molar-refractivity contribution is -0.142. The van der Waals surface area contributed by atoms with Crippen molar-refractivity contribution in [3.8, 4) is 0 Å². The summed E-state index contributed by atoms with van der Waals surface area (Å²) in [5, 5.41) is 11.2. The molecule has 0 aromatic rings. The molecule has 0 rings (SSSR count). The third kappa shape index (κ3) is 8.74. The number of carbonyl (C=O) groups is 2. The van der Waals surface area contributed by atoms with Gasteiger partial charge in [-0.25, -0.2) is 13.2 Å². The van der Waals surface area contributed by atoms with Gasteiger partial charge in [0.1, 0.15) is 15.9 Å². The lowest BCUT2D eigenvalue weighted by atomic mass is 10.1. The van der Waals surface area contributed by atoms with Crippen molar-refractivity contribution in [3.05, 3.63) is 12.7 Å². The number of carboxylic acids is 1. The van der Waals surface area contributed by atoms with Gasteiger partial charge in [-0.3, -0.25) is 4.79 Å². The minimum atomic E-state index is -3.11. The Bertz CT molecular complexity index is 402. The third-order valence-electron chi connectivity index (χ3n) is 2.22. The first kappa shape index (κ1) is 16.6. The summed E-state index contributed by atoms with van der Waals surface area (Å²) in [4.78, 5) is 22.2. The molecule has 0 saturated carbocycles. The van der Waals surface area contributed by atoms with Crippen LogP contribution in [0, 0.1) is 0 Å². The van der Waals surface area contributed by atoms with Gasteiger partial charge in [-0.15, -0.1) is 6.58 Å². The van der Waals surface area contributed by atoms with E-state index < -0.39 is 21.8 Å². The highest BCUT2D eigenvalue weighted by molar-refractivity contribution is 7.90. The smallest absolute Gasteiger partial charge is 0.326 e. The van der Waals surface area contributed by atoms with Crippen molar-refractivity contribution < 1.29 is 23.1 Å². The quantitative estimate of drug-likeness (QED) is 0.592. The van der Waals surface area contributed by atoms with Gasteiger partial charge < -0.3 is 10.4 Å². The van der Waals surface area contributed by atoms with Gasteiger partial charge >= 0.3 is 5.97 Å². The molecule has 0 aromatic heterocycles. The van der Waals surface area contributed by atoms with Crippen LogP contribution in [0.4, 0.5) is 0 Å². The van der Waals surface area contributed by atoms with Crippen LogP contribution < -0.4 is 5.32 Å². The first-order valence-electron chi connectivity index (χ1n) is 5.57. The first-order valence-corrected chi connectivity index (χ1v) is 7.63. The number of rotatable bonds is 9. The topological polar surface area (TPSA) is 101 Å². The predicted molar refractivity (Wildman–Crippen MR) is 67.9 cm³/mol. The number of nitrogens with one attached hydrogen (secondary N) is 1. The maximum Gasteiger partial charge on any atom is 0.326 e. The zero-order chi connectivity index (χ0) is 14.2. The highest BCUT2D eigenvalue weighted by Crippen LogP contribution is 2.02. The fraction of sp³-hybridized carbons (Fsp3) is 0.636. The van der Waals surface area contributed by atoms with Crippen molar-refractivity contribution in [3.63, 3.8) is 0 Å². The highest BCUT2D eigenvalue weighted by Gasteiger charge is 2.19. The van der Waals surface area contributed by atoms with E-state index in [1.54, 1.807) is 6.08 Å². The molecule has 0 aliphatic carbocycles. The summed E-state index contributed by atoms with van der Waals surface area (Å²) in [5.74, 6) is -1.61. The Morgan fingerprint density at radius 1 is 1.44 bits per heavy atom. The Morgan fingerprint density at radius 3 is 2.50 bits per heavy atom. The lowest BCUT2D eigenvalue weighted by Crippen LogP contribution is -2.40. The van der Waals surface area contributed by atoms with Crippen LogP contribution >= 0.6 is 0 Å². The van der Waals surface area contributed by atoms with Gasteiger partial charge in [-0.1, -0.05) is 6.08 Å². The molecule has 0 unspecified atom stereocenters. The molecule has 0 spiro atoms. The number of hydrogen-bond acceptors (Lipinski definition) is 4. The fourth-order valence-corrected chi connectivity index (χ4v) is 2.00. The van der Waals surface area contributed by atoms with E-state index in [0.29, 0.717) is 6.42 Å². The predicted octanol–water partition coefficient (Wildman–Crippen LogP) is 0.347. The van der Waals surface area contributed by atoms with E-state index in [-0.39, 0.29) is 30.9 Å². The van der Waals surface area contributed by atoms with Crippen LogP contribution in [0.15, 0.2) is 12.7 Å². The molecule has 6 nitrogen and oxygen atoms in total. The molecule has 18 heavy (non-hydrogen) atoms. The van der Waals surface area contributed by atoms with Gasteiger partial charge in [0.05, 0.1) is 0 Å². The van der Waals surface area contributed by atoms with E-state index in [2.05, 4.69) is 11.9 Å². The molecule has 1 atom stereocenters. The number of carboxylic acid groups (broad SMARTS) is 1. The average Bonchev–Trinajstić information content (AvgIpc) is 2.23. The van der Waals surface area contributed by atoms with Gasteiger partial charge in [0.25, 0.3) is 0 Å². The summed E-state index contributed by atoms with van der Waals surface area (Å²) in [7, 11) is -3.11. The van der Waals surface area contributed by atoms with Crippen molar-refractivity contribution in [2.45, 2.75) is 31.7 Å². The van der Waals surface area contributed by atoms with E-state index in [1.165, 1.54) is 0 Å². The fourth-order valence-electron chi connectivity index (χ4n) is 1.31. The standard InChI is InChI=1S/C11H19NO5S/c1-3-4-7-10(13)12-9(11(14)15)6-5-8-18(2,16)17/h3,9H,1,4-8H2,2H3,(H,12,13)(H,14,15)/t9-/m0/s1. The van der Waals surface area contributed by atoms with Crippen molar-refractivity contribution in [1.29, 1.82) is 0 Å². The molecular formula is C11H19NO5S. The number of sulfone groups is 1. The van der Waals surface area contributed by atoms with Crippen molar-refractivity contribution >= 4 is 21.7 Å².